The van der Waals surface area contributed by atoms with Crippen LogP contribution in [0.1, 0.15) is 21.8 Å². The Balaban J connectivity index is 1.44. The normalized spacial score (nSPS) is 11.4. The number of benzene rings is 2. The summed E-state index contributed by atoms with van der Waals surface area (Å²) in [5.74, 6) is 0.555. The van der Waals surface area contributed by atoms with E-state index in [1.807, 2.05) is 54.6 Å². The maximum Gasteiger partial charge on any atom is 0.271 e. The van der Waals surface area contributed by atoms with Gasteiger partial charge in [-0.15, -0.1) is 11.3 Å². The first-order valence-corrected chi connectivity index (χ1v) is 11.5. The monoisotopic (exact) mass is 476 g/mol. The van der Waals surface area contributed by atoms with Gasteiger partial charge < -0.3 is 25.1 Å². The minimum Gasteiger partial charge on any atom is -0.495 e. The van der Waals surface area contributed by atoms with E-state index in [9.17, 15) is 9.59 Å². The number of hydrogen-bond acceptors (Lipinski definition) is 7. The van der Waals surface area contributed by atoms with E-state index in [0.29, 0.717) is 23.1 Å². The Labute approximate surface area is 201 Å². The summed E-state index contributed by atoms with van der Waals surface area (Å²) in [5, 5.41) is 11.0. The smallest absolute Gasteiger partial charge is 0.271 e. The quantitative estimate of drug-likeness (QED) is 0.318. The predicted octanol–water partition coefficient (Wildman–Crippen LogP) is 4.15. The Kier molecular flexibility index (Phi) is 7.56. The fourth-order valence-corrected chi connectivity index (χ4v) is 4.00. The lowest BCUT2D eigenvalue weighted by atomic mass is 10.0. The van der Waals surface area contributed by atoms with Crippen LogP contribution in [0.2, 0.25) is 0 Å². The molecule has 0 aliphatic heterocycles. The van der Waals surface area contributed by atoms with Crippen molar-refractivity contribution in [3.63, 3.8) is 0 Å². The minimum absolute atomic E-state index is 0.222. The molecule has 2 amide bonds. The van der Waals surface area contributed by atoms with E-state index in [0.717, 1.165) is 11.3 Å². The van der Waals surface area contributed by atoms with E-state index in [1.165, 1.54) is 11.3 Å². The number of para-hydroxylation sites is 2. The Bertz CT molecular complexity index is 1220. The van der Waals surface area contributed by atoms with E-state index in [1.54, 1.807) is 30.9 Å². The first-order chi connectivity index (χ1) is 16.6. The molecular weight excluding hydrogens is 452 g/mol. The van der Waals surface area contributed by atoms with Crippen molar-refractivity contribution in [2.75, 3.05) is 12.4 Å². The summed E-state index contributed by atoms with van der Waals surface area (Å²) >= 11 is 1.29. The molecule has 1 atom stereocenters. The molecule has 0 unspecified atom stereocenters. The fraction of sp³-hybridized carbons (Fsp3) is 0.160. The first-order valence-electron chi connectivity index (χ1n) is 10.6. The van der Waals surface area contributed by atoms with E-state index in [-0.39, 0.29) is 18.1 Å². The van der Waals surface area contributed by atoms with Gasteiger partial charge in [-0.05, 0) is 29.8 Å². The van der Waals surface area contributed by atoms with Crippen molar-refractivity contribution in [3.05, 3.63) is 95.4 Å². The van der Waals surface area contributed by atoms with Gasteiger partial charge in [0.2, 0.25) is 5.91 Å². The van der Waals surface area contributed by atoms with E-state index < -0.39 is 11.9 Å². The number of nitrogens with one attached hydrogen (secondary N) is 3. The second-order valence-electron chi connectivity index (χ2n) is 7.38. The molecule has 174 valence electrons. The molecule has 34 heavy (non-hydrogen) atoms. The molecule has 3 N–H and O–H groups in total. The molecule has 4 rings (SSSR count). The number of thiazole rings is 1. The molecule has 8 nitrogen and oxygen atoms in total. The third-order valence-electron chi connectivity index (χ3n) is 5.01. The number of methoxy groups -OCH3 is 1. The summed E-state index contributed by atoms with van der Waals surface area (Å²) in [6.07, 6.45) is 1.89. The number of ether oxygens (including phenoxy) is 1. The summed E-state index contributed by atoms with van der Waals surface area (Å²) in [5.41, 5.74) is 1.89. The third-order valence-corrected chi connectivity index (χ3v) is 5.76. The van der Waals surface area contributed by atoms with Crippen molar-refractivity contribution in [1.29, 1.82) is 0 Å². The lowest BCUT2D eigenvalue weighted by Gasteiger charge is -2.18. The van der Waals surface area contributed by atoms with Gasteiger partial charge in [-0.25, -0.2) is 4.98 Å². The lowest BCUT2D eigenvalue weighted by Crippen LogP contribution is -2.47. The van der Waals surface area contributed by atoms with Crippen LogP contribution in [-0.2, 0) is 17.8 Å². The Morgan fingerprint density at radius 1 is 1.06 bits per heavy atom. The van der Waals surface area contributed by atoms with Gasteiger partial charge in [-0.1, -0.05) is 42.5 Å². The molecule has 0 aliphatic carbocycles. The van der Waals surface area contributed by atoms with Crippen LogP contribution in [0.4, 0.5) is 10.8 Å². The zero-order valence-corrected chi connectivity index (χ0v) is 19.3. The van der Waals surface area contributed by atoms with Crippen LogP contribution < -0.4 is 20.7 Å². The molecule has 9 heteroatoms. The van der Waals surface area contributed by atoms with Crippen LogP contribution in [0.15, 0.2) is 82.8 Å². The molecule has 2 aromatic heterocycles. The topological polar surface area (TPSA) is 105 Å². The van der Waals surface area contributed by atoms with E-state index >= 15 is 0 Å². The van der Waals surface area contributed by atoms with Crippen molar-refractivity contribution in [2.45, 2.75) is 19.0 Å². The van der Waals surface area contributed by atoms with Crippen molar-refractivity contribution in [2.24, 2.45) is 0 Å². The van der Waals surface area contributed by atoms with Crippen molar-refractivity contribution in [3.8, 4) is 5.75 Å². The number of carbonyl (C=O) groups is 2. The maximum absolute atomic E-state index is 13.0. The van der Waals surface area contributed by atoms with Gasteiger partial charge >= 0.3 is 0 Å². The molecule has 0 saturated carbocycles. The predicted molar refractivity (Wildman–Crippen MR) is 130 cm³/mol. The number of aromatic nitrogens is 1. The van der Waals surface area contributed by atoms with Gasteiger partial charge in [0.25, 0.3) is 5.91 Å². The number of anilines is 2. The van der Waals surface area contributed by atoms with Crippen LogP contribution in [0.5, 0.6) is 5.75 Å². The summed E-state index contributed by atoms with van der Waals surface area (Å²) in [7, 11) is 1.59. The molecule has 0 bridgehead atoms. The second-order valence-corrected chi connectivity index (χ2v) is 8.23. The zero-order chi connectivity index (χ0) is 23.8. The number of furan rings is 1. The van der Waals surface area contributed by atoms with Crippen LogP contribution in [0.25, 0.3) is 0 Å². The highest BCUT2D eigenvalue weighted by molar-refractivity contribution is 7.14. The van der Waals surface area contributed by atoms with Gasteiger partial charge in [0, 0.05) is 11.8 Å². The molecule has 0 radical (unpaired) electrons. The highest BCUT2D eigenvalue weighted by atomic mass is 32.1. The van der Waals surface area contributed by atoms with Crippen LogP contribution in [0, 0.1) is 0 Å². The summed E-state index contributed by atoms with van der Waals surface area (Å²) in [4.78, 5) is 30.2. The number of carbonyl (C=O) groups excluding carboxylic acids is 2. The molecule has 2 aromatic carbocycles. The molecule has 0 aliphatic rings. The zero-order valence-electron chi connectivity index (χ0n) is 18.5. The second kappa shape index (κ2) is 11.2. The molecular formula is C25H24N4O4S. The number of nitrogens with zero attached hydrogens (tertiary/aromatic N) is 1. The maximum atomic E-state index is 13.0. The molecule has 0 spiro atoms. The lowest BCUT2D eigenvalue weighted by molar-refractivity contribution is -0.123. The van der Waals surface area contributed by atoms with Crippen molar-refractivity contribution in [1.82, 2.24) is 15.6 Å². The Hall–Kier alpha value is -4.11. The molecule has 0 saturated heterocycles. The van der Waals surface area contributed by atoms with Gasteiger partial charge in [0.05, 0.1) is 25.6 Å². The van der Waals surface area contributed by atoms with Crippen LogP contribution in [-0.4, -0.2) is 29.9 Å². The SMILES string of the molecule is COc1ccccc1Nc1nc(C(=O)N[C@H](Cc2ccccc2)C(=O)NCc2ccco2)cs1. The van der Waals surface area contributed by atoms with Gasteiger partial charge in [0.1, 0.15) is 23.2 Å². The average Bonchev–Trinajstić information content (AvgIpc) is 3.55. The van der Waals surface area contributed by atoms with Gasteiger partial charge in [0.15, 0.2) is 5.13 Å². The summed E-state index contributed by atoms with van der Waals surface area (Å²) in [6.45, 7) is 0.233. The van der Waals surface area contributed by atoms with Crippen molar-refractivity contribution >= 4 is 34.0 Å². The molecule has 4 aromatic rings. The average molecular weight is 477 g/mol. The van der Waals surface area contributed by atoms with Gasteiger partial charge in [-0.3, -0.25) is 9.59 Å². The highest BCUT2D eigenvalue weighted by Crippen LogP contribution is 2.28. The first kappa shape index (κ1) is 23.1. The third kappa shape index (κ3) is 6.02. The fourth-order valence-electron chi connectivity index (χ4n) is 3.30. The number of amides is 2. The largest absolute Gasteiger partial charge is 0.495 e. The Morgan fingerprint density at radius 3 is 2.62 bits per heavy atom. The molecule has 0 fully saturated rings. The number of rotatable bonds is 10. The van der Waals surface area contributed by atoms with Crippen LogP contribution >= 0.6 is 11.3 Å². The number of hydrogen-bond donors (Lipinski definition) is 3. The van der Waals surface area contributed by atoms with E-state index in [2.05, 4.69) is 20.9 Å². The van der Waals surface area contributed by atoms with Crippen LogP contribution in [0.3, 0.4) is 0 Å². The standard InChI is InChI=1S/C25H24N4O4S/c1-32-22-12-6-5-11-19(22)28-25-29-21(16-34-25)24(31)27-20(14-17-8-3-2-4-9-17)23(30)26-15-18-10-7-13-33-18/h2-13,16,20H,14-15H2,1H3,(H,26,30)(H,27,31)(H,28,29)/t20-/m1/s1. The Morgan fingerprint density at radius 2 is 1.85 bits per heavy atom. The van der Waals surface area contributed by atoms with Gasteiger partial charge in [-0.2, -0.15) is 0 Å². The van der Waals surface area contributed by atoms with Crippen molar-refractivity contribution < 1.29 is 18.7 Å². The summed E-state index contributed by atoms with van der Waals surface area (Å²) in [6, 6.07) is 19.7. The highest BCUT2D eigenvalue weighted by Gasteiger charge is 2.23. The summed E-state index contributed by atoms with van der Waals surface area (Å²) < 4.78 is 10.6. The van der Waals surface area contributed by atoms with E-state index in [4.69, 9.17) is 9.15 Å². The molecule has 2 heterocycles. The minimum atomic E-state index is -0.780.